The Kier molecular flexibility index (Phi) is 19.6. The molecule has 0 bridgehead atoms. The number of aromatic nitrogens is 1. The van der Waals surface area contributed by atoms with E-state index >= 15 is 0 Å². The van der Waals surface area contributed by atoms with Crippen LogP contribution in [0.25, 0.3) is 10.9 Å². The van der Waals surface area contributed by atoms with Crippen molar-refractivity contribution < 1.29 is 38.7 Å². The van der Waals surface area contributed by atoms with Gasteiger partial charge in [-0.1, -0.05) is 66.2 Å². The normalized spacial score (nSPS) is 14.9. The Balaban J connectivity index is 2.34. The molecule has 1 aromatic heterocycles. The van der Waals surface area contributed by atoms with Gasteiger partial charge in [0.1, 0.15) is 36.8 Å². The number of aromatic amines is 1. The van der Waals surface area contributed by atoms with E-state index in [0.29, 0.717) is 12.0 Å². The molecular weight excluding hydrogens is 750 g/mol. The zero-order chi connectivity index (χ0) is 43.7. The lowest BCUT2D eigenvalue weighted by Crippen LogP contribution is -2.60. The van der Waals surface area contributed by atoms with Gasteiger partial charge in [-0.15, -0.1) is 0 Å². The van der Waals surface area contributed by atoms with Crippen LogP contribution in [0.5, 0.6) is 0 Å². The van der Waals surface area contributed by atoms with Gasteiger partial charge in [-0.25, -0.2) is 0 Å². The first-order valence-electron chi connectivity index (χ1n) is 19.6. The summed E-state index contributed by atoms with van der Waals surface area (Å²) in [6, 6.07) is 0.795. The number of carbonyl (C=O) groups excluding carboxylic acids is 6. The monoisotopic (exact) mass is 813 g/mol. The summed E-state index contributed by atoms with van der Waals surface area (Å²) in [5, 5.41) is 35.5. The van der Waals surface area contributed by atoms with Crippen LogP contribution in [0.3, 0.4) is 0 Å². The second-order valence-electron chi connectivity index (χ2n) is 15.3. The van der Waals surface area contributed by atoms with Crippen molar-refractivity contribution in [2.45, 2.75) is 117 Å². The quantitative estimate of drug-likeness (QED) is 0.0371. The van der Waals surface area contributed by atoms with Crippen molar-refractivity contribution in [3.05, 3.63) is 36.0 Å². The third-order valence-electron chi connectivity index (χ3n) is 9.66. The number of rotatable bonds is 24. The Morgan fingerprint density at radius 3 is 2.00 bits per heavy atom. The van der Waals surface area contributed by atoms with Gasteiger partial charge in [0.05, 0.1) is 6.04 Å². The van der Waals surface area contributed by atoms with Crippen LogP contribution in [-0.4, -0.2) is 107 Å². The maximum Gasteiger partial charge on any atom is 0.322 e. The molecule has 14 N–H and O–H groups in total. The zero-order valence-electron chi connectivity index (χ0n) is 34.5. The lowest BCUT2D eigenvalue weighted by Gasteiger charge is -2.29. The molecule has 1 heterocycles. The first-order chi connectivity index (χ1) is 27.2. The van der Waals surface area contributed by atoms with Gasteiger partial charge in [-0.2, -0.15) is 0 Å². The van der Waals surface area contributed by atoms with Gasteiger partial charge < -0.3 is 58.8 Å². The van der Waals surface area contributed by atoms with E-state index in [9.17, 15) is 33.6 Å². The molecule has 6 amide bonds. The van der Waals surface area contributed by atoms with E-state index in [1.807, 2.05) is 52.0 Å². The maximum atomic E-state index is 14.2. The average Bonchev–Trinajstić information content (AvgIpc) is 3.57. The van der Waals surface area contributed by atoms with Crippen LogP contribution >= 0.6 is 0 Å². The number of H-pyrrole nitrogens is 1. The molecule has 0 fully saturated rings. The number of carbonyl (C=O) groups is 7. The molecule has 1 aromatic carbocycles. The number of hydrogen-bond acceptors (Lipinski definition) is 9. The highest BCUT2D eigenvalue weighted by Crippen LogP contribution is 2.20. The topological polar surface area (TPSA) is 316 Å². The number of amides is 6. The summed E-state index contributed by atoms with van der Waals surface area (Å²) in [4.78, 5) is 95.2. The predicted molar refractivity (Wildman–Crippen MR) is 219 cm³/mol. The molecule has 0 unspecified atom stereocenters. The molecule has 0 aliphatic carbocycles. The van der Waals surface area contributed by atoms with Crippen LogP contribution in [0, 0.1) is 23.2 Å². The summed E-state index contributed by atoms with van der Waals surface area (Å²) >= 11 is 0. The minimum absolute atomic E-state index is 0.0228. The highest BCUT2D eigenvalue weighted by atomic mass is 16.4. The molecule has 0 aliphatic heterocycles. The molecular formula is C39H63N11O8. The smallest absolute Gasteiger partial charge is 0.322 e. The third-order valence-corrected chi connectivity index (χ3v) is 9.66. The van der Waals surface area contributed by atoms with Crippen molar-refractivity contribution >= 4 is 58.3 Å². The van der Waals surface area contributed by atoms with Crippen LogP contribution in [-0.2, 0) is 40.0 Å². The Morgan fingerprint density at radius 1 is 0.776 bits per heavy atom. The van der Waals surface area contributed by atoms with E-state index in [-0.39, 0.29) is 50.0 Å². The van der Waals surface area contributed by atoms with Gasteiger partial charge in [0, 0.05) is 30.1 Å². The Labute approximate surface area is 339 Å². The summed E-state index contributed by atoms with van der Waals surface area (Å²) < 4.78 is 0. The van der Waals surface area contributed by atoms with E-state index in [2.05, 4.69) is 42.2 Å². The van der Waals surface area contributed by atoms with E-state index in [0.717, 1.165) is 10.9 Å². The predicted octanol–water partition coefficient (Wildman–Crippen LogP) is -0.306. The summed E-state index contributed by atoms with van der Waals surface area (Å²) in [6.07, 6.45) is 2.89. The fourth-order valence-corrected chi connectivity index (χ4v) is 6.02. The number of benzene rings is 1. The summed E-state index contributed by atoms with van der Waals surface area (Å²) in [5.74, 6) is -6.32. The number of carboxylic acids is 1. The van der Waals surface area contributed by atoms with Crippen molar-refractivity contribution in [1.82, 2.24) is 42.2 Å². The molecule has 7 atom stereocenters. The second kappa shape index (κ2) is 23.5. The molecule has 0 spiro atoms. The first kappa shape index (κ1) is 48.4. The number of hydrogen-bond donors (Lipinski definition) is 12. The molecule has 2 aromatic rings. The highest BCUT2D eigenvalue weighted by molar-refractivity contribution is 5.97. The van der Waals surface area contributed by atoms with Gasteiger partial charge >= 0.3 is 5.97 Å². The van der Waals surface area contributed by atoms with Crippen LogP contribution < -0.4 is 48.7 Å². The van der Waals surface area contributed by atoms with Crippen LogP contribution in [0.4, 0.5) is 0 Å². The van der Waals surface area contributed by atoms with Gasteiger partial charge in [0.25, 0.3) is 0 Å². The molecule has 0 saturated heterocycles. The lowest BCUT2D eigenvalue weighted by molar-refractivity contribution is -0.138. The molecule has 0 radical (unpaired) electrons. The molecule has 0 saturated carbocycles. The van der Waals surface area contributed by atoms with Crippen molar-refractivity contribution in [3.8, 4) is 0 Å². The Hall–Kier alpha value is -5.72. The SMILES string of the molecule is CC[C@H](C)[C@H](N)C(=O)N[C@@H](C)C(=O)N[C@@H](Cc1c[nH]c2ccccc12)C(=O)N[C@@H](CC(C)C)C(=O)N[C@H](C(=O)N[C@@H](CCCNC(=N)N)C(=O)NCC(=O)O)C(C)C. The average molecular weight is 814 g/mol. The number of guanidine groups is 1. The van der Waals surface area contributed by atoms with Crippen molar-refractivity contribution in [2.24, 2.45) is 29.2 Å². The van der Waals surface area contributed by atoms with Crippen LogP contribution in [0.15, 0.2) is 30.5 Å². The maximum absolute atomic E-state index is 14.2. The lowest BCUT2D eigenvalue weighted by atomic mass is 9.98. The number of aliphatic carboxylic acids is 1. The first-order valence-corrected chi connectivity index (χ1v) is 19.6. The summed E-state index contributed by atoms with van der Waals surface area (Å²) in [7, 11) is 0. The molecule has 0 aliphatic rings. The molecule has 2 rings (SSSR count). The second-order valence-corrected chi connectivity index (χ2v) is 15.3. The minimum atomic E-state index is -1.28. The molecule has 19 nitrogen and oxygen atoms in total. The largest absolute Gasteiger partial charge is 0.480 e. The molecule has 58 heavy (non-hydrogen) atoms. The Bertz CT molecular complexity index is 1750. The third kappa shape index (κ3) is 15.7. The molecule has 322 valence electrons. The van der Waals surface area contributed by atoms with E-state index in [1.165, 1.54) is 6.92 Å². The van der Waals surface area contributed by atoms with Crippen LogP contribution in [0.2, 0.25) is 0 Å². The molecule has 19 heteroatoms. The fraction of sp³-hybridized carbons (Fsp3) is 0.590. The van der Waals surface area contributed by atoms with Crippen molar-refractivity contribution in [3.63, 3.8) is 0 Å². The number of para-hydroxylation sites is 1. The number of fused-ring (bicyclic) bond motifs is 1. The van der Waals surface area contributed by atoms with E-state index < -0.39 is 90.1 Å². The number of nitrogens with two attached hydrogens (primary N) is 2. The zero-order valence-corrected chi connectivity index (χ0v) is 34.5. The van der Waals surface area contributed by atoms with Crippen molar-refractivity contribution in [2.75, 3.05) is 13.1 Å². The number of carboxylic acid groups (broad SMARTS) is 1. The Morgan fingerprint density at radius 2 is 1.40 bits per heavy atom. The van der Waals surface area contributed by atoms with E-state index in [4.69, 9.17) is 22.0 Å². The van der Waals surface area contributed by atoms with Crippen LogP contribution in [0.1, 0.15) is 79.7 Å². The van der Waals surface area contributed by atoms with E-state index in [1.54, 1.807) is 20.0 Å². The van der Waals surface area contributed by atoms with Gasteiger partial charge in [-0.05, 0) is 55.6 Å². The number of nitrogens with one attached hydrogen (secondary N) is 9. The fourth-order valence-electron chi connectivity index (χ4n) is 6.02. The minimum Gasteiger partial charge on any atom is -0.480 e. The van der Waals surface area contributed by atoms with Crippen molar-refractivity contribution in [1.29, 1.82) is 5.41 Å². The highest BCUT2D eigenvalue weighted by Gasteiger charge is 2.34. The summed E-state index contributed by atoms with van der Waals surface area (Å²) in [5.41, 5.74) is 12.9. The van der Waals surface area contributed by atoms with Gasteiger partial charge in [-0.3, -0.25) is 39.0 Å². The standard InChI is InChI=1S/C39H63N11O8/c1-8-22(6)31(40)37(57)46-23(7)33(53)48-29(17-24-18-44-26-13-10-9-12-25(24)26)35(55)49-28(16-20(2)3)36(56)50-32(21(4)5)38(58)47-27(14-11-15-43-39(41)42)34(54)45-19-30(51)52/h9-10,12-13,18,20-23,27-29,31-32,44H,8,11,14-17,19,40H2,1-7H3,(H,45,54)(H,46,57)(H,47,58)(H,48,53)(H,49,55)(H,50,56)(H,51,52)(H4,41,42,43)/t22-,23-,27-,28-,29-,31-,32-/m0/s1. The van der Waals surface area contributed by atoms with Gasteiger partial charge in [0.2, 0.25) is 35.4 Å². The van der Waals surface area contributed by atoms with Gasteiger partial charge in [0.15, 0.2) is 5.96 Å². The summed E-state index contributed by atoms with van der Waals surface area (Å²) in [6.45, 7) is 11.8.